The van der Waals surface area contributed by atoms with Crippen LogP contribution in [0.2, 0.25) is 0 Å². The predicted molar refractivity (Wildman–Crippen MR) is 43.6 cm³/mol. The Labute approximate surface area is 72.3 Å². The minimum absolute atomic E-state index is 0.177. The highest BCUT2D eigenvalue weighted by Crippen LogP contribution is 2.37. The first kappa shape index (κ1) is 8.48. The number of hydrogen-bond donors (Lipinski definition) is 2. The molecule has 0 spiro atoms. The van der Waals surface area contributed by atoms with Crippen molar-refractivity contribution in [2.24, 2.45) is 17.8 Å². The largest absolute Gasteiger partial charge is 0.390 e. The van der Waals surface area contributed by atoms with Gasteiger partial charge in [-0.15, -0.1) is 0 Å². The molecule has 2 N–H and O–H groups in total. The first-order valence-electron chi connectivity index (χ1n) is 4.64. The molecule has 5 unspecified atom stereocenters. The van der Waals surface area contributed by atoms with Crippen molar-refractivity contribution in [1.29, 1.82) is 0 Å². The average Bonchev–Trinajstić information content (AvgIpc) is 2.48. The minimum Gasteiger partial charge on any atom is -0.390 e. The second kappa shape index (κ2) is 2.98. The standard InChI is InChI=1S/C9H16O3/c1-5-2-6-3-12-4-7(6)9(11)8(5)10/h5-11H,2-4H2,1H3. The predicted octanol–water partition coefficient (Wildman–Crippen LogP) is 0.0106. The summed E-state index contributed by atoms with van der Waals surface area (Å²) in [6, 6.07) is 0. The van der Waals surface area contributed by atoms with E-state index in [0.717, 1.165) is 13.0 Å². The van der Waals surface area contributed by atoms with E-state index >= 15 is 0 Å². The molecule has 1 heterocycles. The van der Waals surface area contributed by atoms with Gasteiger partial charge in [-0.3, -0.25) is 0 Å². The summed E-state index contributed by atoms with van der Waals surface area (Å²) in [4.78, 5) is 0. The third-order valence-corrected chi connectivity index (χ3v) is 3.29. The zero-order valence-corrected chi connectivity index (χ0v) is 7.31. The Balaban J connectivity index is 2.10. The lowest BCUT2D eigenvalue weighted by Gasteiger charge is -2.37. The molecule has 0 amide bonds. The van der Waals surface area contributed by atoms with Crippen LogP contribution in [0.1, 0.15) is 13.3 Å². The second-order valence-corrected chi connectivity index (χ2v) is 4.16. The van der Waals surface area contributed by atoms with Crippen LogP contribution in [0.3, 0.4) is 0 Å². The zero-order chi connectivity index (χ0) is 8.72. The van der Waals surface area contributed by atoms with E-state index < -0.39 is 12.2 Å². The fourth-order valence-electron chi connectivity index (χ4n) is 2.44. The molecule has 1 saturated heterocycles. The van der Waals surface area contributed by atoms with Crippen molar-refractivity contribution >= 4 is 0 Å². The number of fused-ring (bicyclic) bond motifs is 1. The molecule has 0 bridgehead atoms. The Kier molecular flexibility index (Phi) is 2.10. The van der Waals surface area contributed by atoms with Crippen molar-refractivity contribution in [1.82, 2.24) is 0 Å². The van der Waals surface area contributed by atoms with Gasteiger partial charge in [0.15, 0.2) is 0 Å². The van der Waals surface area contributed by atoms with Gasteiger partial charge in [-0.25, -0.2) is 0 Å². The fraction of sp³-hybridized carbons (Fsp3) is 1.00. The molecule has 0 aromatic carbocycles. The van der Waals surface area contributed by atoms with Crippen LogP contribution in [0.4, 0.5) is 0 Å². The number of ether oxygens (including phenoxy) is 1. The van der Waals surface area contributed by atoms with Crippen LogP contribution >= 0.6 is 0 Å². The van der Waals surface area contributed by atoms with Crippen LogP contribution in [0, 0.1) is 17.8 Å². The second-order valence-electron chi connectivity index (χ2n) is 4.16. The zero-order valence-electron chi connectivity index (χ0n) is 7.31. The number of hydrogen-bond acceptors (Lipinski definition) is 3. The quantitative estimate of drug-likeness (QED) is 0.541. The van der Waals surface area contributed by atoms with Gasteiger partial charge in [0.1, 0.15) is 0 Å². The van der Waals surface area contributed by atoms with E-state index in [1.54, 1.807) is 0 Å². The topological polar surface area (TPSA) is 49.7 Å². The lowest BCUT2D eigenvalue weighted by atomic mass is 9.73. The Hall–Kier alpha value is -0.120. The van der Waals surface area contributed by atoms with Gasteiger partial charge in [-0.2, -0.15) is 0 Å². The molecule has 1 aliphatic heterocycles. The molecule has 3 nitrogen and oxygen atoms in total. The highest BCUT2D eigenvalue weighted by atomic mass is 16.5. The van der Waals surface area contributed by atoms with E-state index in [4.69, 9.17) is 4.74 Å². The fourth-order valence-corrected chi connectivity index (χ4v) is 2.44. The maximum atomic E-state index is 9.69. The maximum Gasteiger partial charge on any atom is 0.0855 e. The number of aliphatic hydroxyl groups is 2. The monoisotopic (exact) mass is 172 g/mol. The van der Waals surface area contributed by atoms with Gasteiger partial charge in [-0.05, 0) is 18.3 Å². The summed E-state index contributed by atoms with van der Waals surface area (Å²) in [7, 11) is 0. The highest BCUT2D eigenvalue weighted by molar-refractivity contribution is 4.92. The van der Waals surface area contributed by atoms with Gasteiger partial charge in [0.25, 0.3) is 0 Å². The van der Waals surface area contributed by atoms with Crippen LogP contribution in [-0.4, -0.2) is 35.6 Å². The molecule has 2 rings (SSSR count). The molecule has 0 aromatic heterocycles. The number of rotatable bonds is 0. The van der Waals surface area contributed by atoms with Gasteiger partial charge in [0.2, 0.25) is 0 Å². The molecule has 0 aromatic rings. The smallest absolute Gasteiger partial charge is 0.0855 e. The first-order chi connectivity index (χ1) is 5.70. The maximum absolute atomic E-state index is 9.69. The van der Waals surface area contributed by atoms with E-state index in [1.807, 2.05) is 6.92 Å². The van der Waals surface area contributed by atoms with E-state index in [9.17, 15) is 10.2 Å². The van der Waals surface area contributed by atoms with Crippen LogP contribution in [0.5, 0.6) is 0 Å². The van der Waals surface area contributed by atoms with E-state index in [1.165, 1.54) is 0 Å². The van der Waals surface area contributed by atoms with Crippen molar-refractivity contribution in [2.45, 2.75) is 25.6 Å². The van der Waals surface area contributed by atoms with Crippen LogP contribution < -0.4 is 0 Å². The summed E-state index contributed by atoms with van der Waals surface area (Å²) in [5.41, 5.74) is 0. The molecule has 1 saturated carbocycles. The molecule has 2 aliphatic rings. The third-order valence-electron chi connectivity index (χ3n) is 3.29. The van der Waals surface area contributed by atoms with Crippen molar-refractivity contribution in [2.75, 3.05) is 13.2 Å². The molecule has 70 valence electrons. The van der Waals surface area contributed by atoms with E-state index in [-0.39, 0.29) is 11.8 Å². The summed E-state index contributed by atoms with van der Waals surface area (Å²) >= 11 is 0. The van der Waals surface area contributed by atoms with Gasteiger partial charge in [0, 0.05) is 12.5 Å². The molecule has 1 aliphatic carbocycles. The van der Waals surface area contributed by atoms with E-state index in [0.29, 0.717) is 12.5 Å². The normalized spacial score (nSPS) is 53.8. The summed E-state index contributed by atoms with van der Waals surface area (Å²) in [6.45, 7) is 3.37. The highest BCUT2D eigenvalue weighted by Gasteiger charge is 2.44. The minimum atomic E-state index is -0.568. The van der Waals surface area contributed by atoms with Gasteiger partial charge in [0.05, 0.1) is 18.8 Å². The Morgan fingerprint density at radius 1 is 1.17 bits per heavy atom. The van der Waals surface area contributed by atoms with Gasteiger partial charge < -0.3 is 14.9 Å². The molecule has 2 fully saturated rings. The number of aliphatic hydroxyl groups excluding tert-OH is 2. The van der Waals surface area contributed by atoms with E-state index in [2.05, 4.69) is 0 Å². The molecule has 0 radical (unpaired) electrons. The molecule has 5 atom stereocenters. The summed E-state index contributed by atoms with van der Waals surface area (Å²) in [6.07, 6.45) is -0.128. The average molecular weight is 172 g/mol. The third kappa shape index (κ3) is 1.16. The Morgan fingerprint density at radius 3 is 2.67 bits per heavy atom. The molecular weight excluding hydrogens is 156 g/mol. The summed E-state index contributed by atoms with van der Waals surface area (Å²) in [5, 5.41) is 19.3. The molecule has 3 heteroatoms. The van der Waals surface area contributed by atoms with Crippen LogP contribution in [-0.2, 0) is 4.74 Å². The Morgan fingerprint density at radius 2 is 1.92 bits per heavy atom. The van der Waals surface area contributed by atoms with Crippen molar-refractivity contribution in [3.63, 3.8) is 0 Å². The Bertz CT molecular complexity index is 171. The molecular formula is C9H16O3. The molecule has 12 heavy (non-hydrogen) atoms. The summed E-state index contributed by atoms with van der Waals surface area (Å²) in [5.74, 6) is 0.859. The first-order valence-corrected chi connectivity index (χ1v) is 4.64. The van der Waals surface area contributed by atoms with Crippen molar-refractivity contribution in [3.05, 3.63) is 0 Å². The summed E-state index contributed by atoms with van der Waals surface area (Å²) < 4.78 is 5.29. The lowest BCUT2D eigenvalue weighted by molar-refractivity contribution is -0.0826. The van der Waals surface area contributed by atoms with Crippen LogP contribution in [0.15, 0.2) is 0 Å². The lowest BCUT2D eigenvalue weighted by Crippen LogP contribution is -2.46. The SMILES string of the molecule is CC1CC2COCC2C(O)C1O. The van der Waals surface area contributed by atoms with Gasteiger partial charge in [-0.1, -0.05) is 6.92 Å². The van der Waals surface area contributed by atoms with Gasteiger partial charge >= 0.3 is 0 Å². The van der Waals surface area contributed by atoms with Crippen molar-refractivity contribution < 1.29 is 14.9 Å². The van der Waals surface area contributed by atoms with Crippen molar-refractivity contribution in [3.8, 4) is 0 Å². The van der Waals surface area contributed by atoms with Crippen LogP contribution in [0.25, 0.3) is 0 Å².